The molecule has 31 heavy (non-hydrogen) atoms. The van der Waals surface area contributed by atoms with Gasteiger partial charge in [-0.2, -0.15) is 0 Å². The number of nitrogens with one attached hydrogen (secondary N) is 1. The summed E-state index contributed by atoms with van der Waals surface area (Å²) in [6, 6.07) is 15.5. The average Bonchev–Trinajstić information content (AvgIpc) is 3.36. The van der Waals surface area contributed by atoms with Crippen molar-refractivity contribution < 1.29 is 14.3 Å². The van der Waals surface area contributed by atoms with Crippen molar-refractivity contribution in [1.82, 2.24) is 9.88 Å². The molecule has 2 heterocycles. The monoisotopic (exact) mass is 435 g/mol. The van der Waals surface area contributed by atoms with Crippen LogP contribution in [-0.4, -0.2) is 28.2 Å². The van der Waals surface area contributed by atoms with Gasteiger partial charge in [-0.25, -0.2) is 4.98 Å². The van der Waals surface area contributed by atoms with E-state index in [1.807, 2.05) is 65.7 Å². The molecule has 1 aliphatic heterocycles. The van der Waals surface area contributed by atoms with Gasteiger partial charge in [-0.05, 0) is 43.2 Å². The van der Waals surface area contributed by atoms with E-state index in [0.29, 0.717) is 19.6 Å². The second-order valence-electron chi connectivity index (χ2n) is 7.68. The number of ether oxygens (including phenoxy) is 1. The van der Waals surface area contributed by atoms with Crippen molar-refractivity contribution in [1.29, 1.82) is 0 Å². The van der Waals surface area contributed by atoms with Gasteiger partial charge in [0.05, 0.1) is 12.1 Å². The number of carbonyl (C=O) groups is 2. The van der Waals surface area contributed by atoms with E-state index in [4.69, 9.17) is 4.74 Å². The fraction of sp³-hybridized carbons (Fsp3) is 0.292. The summed E-state index contributed by atoms with van der Waals surface area (Å²) < 4.78 is 5.76. The molecule has 0 atom stereocenters. The molecule has 0 radical (unpaired) electrons. The van der Waals surface area contributed by atoms with Gasteiger partial charge in [0.25, 0.3) is 0 Å². The number of anilines is 1. The van der Waals surface area contributed by atoms with Crippen LogP contribution in [0.25, 0.3) is 0 Å². The maximum Gasteiger partial charge on any atom is 0.230 e. The third kappa shape index (κ3) is 5.92. The first-order valence-electron chi connectivity index (χ1n) is 10.3. The van der Waals surface area contributed by atoms with Gasteiger partial charge >= 0.3 is 0 Å². The molecule has 6 nitrogen and oxygen atoms in total. The molecule has 1 fully saturated rings. The number of nitrogens with zero attached hydrogens (tertiary/aromatic N) is 2. The molecule has 1 N–H and O–H groups in total. The summed E-state index contributed by atoms with van der Waals surface area (Å²) in [6.07, 6.45) is 1.75. The lowest BCUT2D eigenvalue weighted by molar-refractivity contribution is -0.128. The van der Waals surface area contributed by atoms with Crippen LogP contribution in [0.5, 0.6) is 5.75 Å². The van der Waals surface area contributed by atoms with Crippen molar-refractivity contribution in [3.63, 3.8) is 0 Å². The summed E-state index contributed by atoms with van der Waals surface area (Å²) in [6.45, 7) is 3.80. The third-order valence-corrected chi connectivity index (χ3v) is 5.95. The number of aromatic nitrogens is 1. The Morgan fingerprint density at radius 2 is 2.06 bits per heavy atom. The highest BCUT2D eigenvalue weighted by Crippen LogP contribution is 2.19. The molecule has 1 aliphatic rings. The summed E-state index contributed by atoms with van der Waals surface area (Å²) in [4.78, 5) is 30.7. The molecule has 7 heteroatoms. The van der Waals surface area contributed by atoms with Gasteiger partial charge in [0, 0.05) is 30.6 Å². The van der Waals surface area contributed by atoms with Gasteiger partial charge < -0.3 is 15.0 Å². The quantitative estimate of drug-likeness (QED) is 0.572. The van der Waals surface area contributed by atoms with Gasteiger partial charge in [-0.3, -0.25) is 9.59 Å². The minimum atomic E-state index is -0.120. The lowest BCUT2D eigenvalue weighted by Crippen LogP contribution is -2.23. The molecule has 3 aromatic rings. The molecular weight excluding hydrogens is 410 g/mol. The minimum absolute atomic E-state index is 0.120. The first-order chi connectivity index (χ1) is 15.0. The summed E-state index contributed by atoms with van der Waals surface area (Å²) in [7, 11) is 0. The van der Waals surface area contributed by atoms with Gasteiger partial charge in [-0.1, -0.05) is 29.8 Å². The van der Waals surface area contributed by atoms with Gasteiger partial charge in [0.2, 0.25) is 11.8 Å². The number of amides is 2. The van der Waals surface area contributed by atoms with E-state index in [-0.39, 0.29) is 18.2 Å². The van der Waals surface area contributed by atoms with E-state index in [2.05, 4.69) is 10.3 Å². The fourth-order valence-electron chi connectivity index (χ4n) is 3.48. The van der Waals surface area contributed by atoms with E-state index >= 15 is 0 Å². The van der Waals surface area contributed by atoms with Crippen molar-refractivity contribution in [2.24, 2.45) is 0 Å². The third-order valence-electron chi connectivity index (χ3n) is 5.08. The van der Waals surface area contributed by atoms with Gasteiger partial charge in [-0.15, -0.1) is 11.3 Å². The van der Waals surface area contributed by atoms with Crippen LogP contribution in [0.2, 0.25) is 0 Å². The van der Waals surface area contributed by atoms with Crippen molar-refractivity contribution in [2.75, 3.05) is 11.9 Å². The van der Waals surface area contributed by atoms with Crippen LogP contribution in [0.4, 0.5) is 5.69 Å². The lowest BCUT2D eigenvalue weighted by atomic mass is 10.2. The van der Waals surface area contributed by atoms with Crippen molar-refractivity contribution >= 4 is 28.8 Å². The Bertz CT molecular complexity index is 1060. The Morgan fingerprint density at radius 1 is 1.23 bits per heavy atom. The van der Waals surface area contributed by atoms with Crippen LogP contribution in [0.1, 0.15) is 34.7 Å². The normalized spacial score (nSPS) is 13.5. The molecule has 0 unspecified atom stereocenters. The van der Waals surface area contributed by atoms with Gasteiger partial charge in [0.15, 0.2) is 0 Å². The first-order valence-corrected chi connectivity index (χ1v) is 11.2. The molecule has 4 rings (SSSR count). The zero-order valence-electron chi connectivity index (χ0n) is 17.5. The number of carbonyl (C=O) groups excluding carboxylic acids is 2. The van der Waals surface area contributed by atoms with Crippen molar-refractivity contribution in [3.8, 4) is 5.75 Å². The van der Waals surface area contributed by atoms with E-state index in [0.717, 1.165) is 40.7 Å². The lowest BCUT2D eigenvalue weighted by Gasteiger charge is -2.16. The Hall–Kier alpha value is -3.19. The van der Waals surface area contributed by atoms with Crippen LogP contribution < -0.4 is 10.1 Å². The first kappa shape index (κ1) is 21.1. The number of aryl methyl sites for hydroxylation is 1. The molecular formula is C24H25N3O3S. The standard InChI is InChI=1S/C24H25N3O3S/c1-17-7-9-21(10-8-17)30-15-23-26-20(16-31-23)13-22(28)25-19-5-2-4-18(12-19)14-27-11-3-6-24(27)29/h2,4-5,7-10,12,16H,3,6,11,13-15H2,1H3,(H,25,28). The van der Waals surface area contributed by atoms with Crippen LogP contribution in [-0.2, 0) is 29.2 Å². The van der Waals surface area contributed by atoms with Crippen LogP contribution in [0.3, 0.4) is 0 Å². The number of benzene rings is 2. The molecule has 2 aromatic carbocycles. The fourth-order valence-corrected chi connectivity index (χ4v) is 4.19. The number of rotatable bonds is 8. The van der Waals surface area contributed by atoms with E-state index in [1.54, 1.807) is 0 Å². The molecule has 0 bridgehead atoms. The Balaban J connectivity index is 1.28. The Labute approximate surface area is 185 Å². The molecule has 0 aliphatic carbocycles. The summed E-state index contributed by atoms with van der Waals surface area (Å²) in [5, 5.41) is 5.66. The summed E-state index contributed by atoms with van der Waals surface area (Å²) in [5.41, 5.74) is 3.65. The zero-order valence-corrected chi connectivity index (χ0v) is 18.3. The summed E-state index contributed by atoms with van der Waals surface area (Å²) in [5.74, 6) is 0.876. The highest BCUT2D eigenvalue weighted by atomic mass is 32.1. The molecule has 1 saturated heterocycles. The average molecular weight is 436 g/mol. The maximum absolute atomic E-state index is 12.5. The smallest absolute Gasteiger partial charge is 0.230 e. The topological polar surface area (TPSA) is 71.5 Å². The Kier molecular flexibility index (Phi) is 6.62. The summed E-state index contributed by atoms with van der Waals surface area (Å²) >= 11 is 1.49. The van der Waals surface area contributed by atoms with E-state index in [9.17, 15) is 9.59 Å². The van der Waals surface area contributed by atoms with Gasteiger partial charge in [0.1, 0.15) is 17.4 Å². The van der Waals surface area contributed by atoms with Crippen molar-refractivity contribution in [2.45, 2.75) is 39.3 Å². The van der Waals surface area contributed by atoms with E-state index in [1.165, 1.54) is 16.9 Å². The maximum atomic E-state index is 12.5. The van der Waals surface area contributed by atoms with Crippen LogP contribution >= 0.6 is 11.3 Å². The molecule has 160 valence electrons. The number of likely N-dealkylation sites (tertiary alicyclic amines) is 1. The largest absolute Gasteiger partial charge is 0.486 e. The highest BCUT2D eigenvalue weighted by molar-refractivity contribution is 7.09. The molecule has 0 spiro atoms. The predicted molar refractivity (Wildman–Crippen MR) is 121 cm³/mol. The number of hydrogen-bond donors (Lipinski definition) is 1. The molecule has 2 amide bonds. The minimum Gasteiger partial charge on any atom is -0.486 e. The molecule has 0 saturated carbocycles. The number of hydrogen-bond acceptors (Lipinski definition) is 5. The van der Waals surface area contributed by atoms with Crippen LogP contribution in [0.15, 0.2) is 53.9 Å². The molecule has 1 aromatic heterocycles. The Morgan fingerprint density at radius 3 is 2.84 bits per heavy atom. The SMILES string of the molecule is Cc1ccc(OCc2nc(CC(=O)Nc3cccc(CN4CCCC4=O)c3)cs2)cc1. The number of thiazole rings is 1. The second-order valence-corrected chi connectivity index (χ2v) is 8.62. The van der Waals surface area contributed by atoms with E-state index < -0.39 is 0 Å². The second kappa shape index (κ2) is 9.75. The van der Waals surface area contributed by atoms with Crippen molar-refractivity contribution in [3.05, 3.63) is 75.7 Å². The highest BCUT2D eigenvalue weighted by Gasteiger charge is 2.20. The van der Waals surface area contributed by atoms with Crippen LogP contribution in [0, 0.1) is 6.92 Å². The zero-order chi connectivity index (χ0) is 21.6. The predicted octanol–water partition coefficient (Wildman–Crippen LogP) is 4.33.